The number of aliphatic hydroxyl groups is 1. The zero-order chi connectivity index (χ0) is 13.4. The Bertz CT molecular complexity index is 379. The second-order valence-electron chi connectivity index (χ2n) is 4.59. The molecule has 1 heterocycles. The van der Waals surface area contributed by atoms with E-state index in [1.807, 2.05) is 0 Å². The van der Waals surface area contributed by atoms with Gasteiger partial charge in [-0.05, 0) is 20.3 Å². The zero-order valence-electron chi connectivity index (χ0n) is 9.98. The number of amides is 3. The molecule has 7 nitrogen and oxygen atoms in total. The highest BCUT2D eigenvalue weighted by Gasteiger charge is 2.49. The summed E-state index contributed by atoms with van der Waals surface area (Å²) in [7, 11) is 0. The number of imide groups is 1. The van der Waals surface area contributed by atoms with E-state index in [1.54, 1.807) is 13.8 Å². The lowest BCUT2D eigenvalue weighted by Gasteiger charge is -2.24. The van der Waals surface area contributed by atoms with Crippen LogP contribution in [0.2, 0.25) is 0 Å². The van der Waals surface area contributed by atoms with Crippen LogP contribution in [-0.4, -0.2) is 50.7 Å². The monoisotopic (exact) mass is 244 g/mol. The van der Waals surface area contributed by atoms with Gasteiger partial charge in [0, 0.05) is 0 Å². The summed E-state index contributed by atoms with van der Waals surface area (Å²) in [6.07, 6.45) is 0.392. The van der Waals surface area contributed by atoms with Crippen LogP contribution in [0.25, 0.3) is 0 Å². The van der Waals surface area contributed by atoms with Crippen LogP contribution in [-0.2, 0) is 9.59 Å². The Balaban J connectivity index is 2.91. The maximum Gasteiger partial charge on any atom is 0.337 e. The van der Waals surface area contributed by atoms with Crippen molar-refractivity contribution >= 4 is 17.9 Å². The van der Waals surface area contributed by atoms with Crippen LogP contribution in [0.5, 0.6) is 0 Å². The first-order chi connectivity index (χ1) is 7.64. The van der Waals surface area contributed by atoms with Crippen LogP contribution in [0.15, 0.2) is 0 Å². The van der Waals surface area contributed by atoms with Crippen LogP contribution in [0.4, 0.5) is 4.79 Å². The molecule has 1 saturated heterocycles. The number of carboxylic acid groups (broad SMARTS) is 1. The molecule has 0 aromatic carbocycles. The highest BCUT2D eigenvalue weighted by atomic mass is 16.4. The number of nitrogens with one attached hydrogen (secondary N) is 1. The highest BCUT2D eigenvalue weighted by molar-refractivity contribution is 6.07. The van der Waals surface area contributed by atoms with Gasteiger partial charge in [-0.3, -0.25) is 9.69 Å². The Morgan fingerprint density at radius 3 is 2.41 bits per heavy atom. The van der Waals surface area contributed by atoms with Gasteiger partial charge in [-0.25, -0.2) is 9.59 Å². The average molecular weight is 244 g/mol. The molecule has 1 fully saturated rings. The molecule has 1 rings (SSSR count). The van der Waals surface area contributed by atoms with Gasteiger partial charge >= 0.3 is 12.0 Å². The fourth-order valence-electron chi connectivity index (χ4n) is 1.51. The van der Waals surface area contributed by atoms with Crippen molar-refractivity contribution in [2.45, 2.75) is 38.3 Å². The third-order valence-electron chi connectivity index (χ3n) is 2.98. The van der Waals surface area contributed by atoms with E-state index in [0.717, 1.165) is 11.8 Å². The molecule has 17 heavy (non-hydrogen) atoms. The number of urea groups is 1. The van der Waals surface area contributed by atoms with Gasteiger partial charge in [0.2, 0.25) is 0 Å². The standard InChI is InChI=1S/C10H16N2O5/c1-4-9(2)6(13)12(8(16)11-9)5-10(3,17)7(14)15/h17H,4-5H2,1-3H3,(H,11,16)(H,14,15). The van der Waals surface area contributed by atoms with Crippen molar-refractivity contribution in [3.63, 3.8) is 0 Å². The lowest BCUT2D eigenvalue weighted by atomic mass is 9.99. The van der Waals surface area contributed by atoms with Gasteiger partial charge in [-0.15, -0.1) is 0 Å². The van der Waals surface area contributed by atoms with Gasteiger partial charge in [-0.1, -0.05) is 6.92 Å². The van der Waals surface area contributed by atoms with E-state index in [9.17, 15) is 19.5 Å². The number of rotatable bonds is 4. The molecule has 1 aliphatic rings. The molecule has 0 aromatic heterocycles. The first-order valence-electron chi connectivity index (χ1n) is 5.24. The molecule has 2 unspecified atom stereocenters. The van der Waals surface area contributed by atoms with Crippen LogP contribution < -0.4 is 5.32 Å². The first kappa shape index (κ1) is 13.4. The summed E-state index contributed by atoms with van der Waals surface area (Å²) in [5.74, 6) is -2.00. The predicted octanol–water partition coefficient (Wildman–Crippen LogP) is -0.457. The summed E-state index contributed by atoms with van der Waals surface area (Å²) in [6, 6.07) is -0.680. The van der Waals surface area contributed by atoms with Crippen molar-refractivity contribution in [1.82, 2.24) is 10.2 Å². The van der Waals surface area contributed by atoms with Gasteiger partial charge in [0.05, 0.1) is 6.54 Å². The molecular weight excluding hydrogens is 228 g/mol. The minimum absolute atomic E-state index is 0.392. The van der Waals surface area contributed by atoms with E-state index < -0.39 is 35.6 Å². The molecule has 0 aliphatic carbocycles. The summed E-state index contributed by atoms with van der Waals surface area (Å²) in [4.78, 5) is 34.9. The second-order valence-corrected chi connectivity index (χ2v) is 4.59. The number of nitrogens with zero attached hydrogens (tertiary/aromatic N) is 1. The first-order valence-corrected chi connectivity index (χ1v) is 5.24. The topological polar surface area (TPSA) is 107 Å². The number of carboxylic acids is 1. The Hall–Kier alpha value is -1.63. The quantitative estimate of drug-likeness (QED) is 0.580. The third-order valence-corrected chi connectivity index (χ3v) is 2.98. The Morgan fingerprint density at radius 2 is 2.06 bits per heavy atom. The second kappa shape index (κ2) is 3.99. The van der Waals surface area contributed by atoms with E-state index >= 15 is 0 Å². The van der Waals surface area contributed by atoms with Crippen LogP contribution >= 0.6 is 0 Å². The van der Waals surface area contributed by atoms with E-state index in [-0.39, 0.29) is 0 Å². The van der Waals surface area contributed by atoms with E-state index in [1.165, 1.54) is 0 Å². The maximum absolute atomic E-state index is 11.9. The lowest BCUT2D eigenvalue weighted by molar-refractivity contribution is -0.158. The van der Waals surface area contributed by atoms with Crippen LogP contribution in [0.1, 0.15) is 27.2 Å². The predicted molar refractivity (Wildman–Crippen MR) is 57.2 cm³/mol. The molecule has 1 aliphatic heterocycles. The van der Waals surface area contributed by atoms with Crippen LogP contribution in [0, 0.1) is 0 Å². The van der Waals surface area contributed by atoms with Crippen molar-refractivity contribution in [1.29, 1.82) is 0 Å². The summed E-state index contributed by atoms with van der Waals surface area (Å²) in [5.41, 5.74) is -3.17. The van der Waals surface area contributed by atoms with Crippen molar-refractivity contribution in [2.75, 3.05) is 6.54 Å². The Kier molecular flexibility index (Phi) is 3.15. The fourth-order valence-corrected chi connectivity index (χ4v) is 1.51. The van der Waals surface area contributed by atoms with Crippen molar-refractivity contribution < 1.29 is 24.6 Å². The van der Waals surface area contributed by atoms with Crippen molar-refractivity contribution in [2.24, 2.45) is 0 Å². The number of carbonyl (C=O) groups is 3. The Morgan fingerprint density at radius 1 is 1.53 bits per heavy atom. The lowest BCUT2D eigenvalue weighted by Crippen LogP contribution is -2.50. The smallest absolute Gasteiger partial charge is 0.337 e. The van der Waals surface area contributed by atoms with E-state index in [4.69, 9.17) is 5.11 Å². The molecular formula is C10H16N2O5. The number of carbonyl (C=O) groups excluding carboxylic acids is 2. The number of hydrogen-bond donors (Lipinski definition) is 3. The Labute approximate surface area is 98.4 Å². The summed E-state index contributed by atoms with van der Waals surface area (Å²) < 4.78 is 0. The van der Waals surface area contributed by atoms with Crippen LogP contribution in [0.3, 0.4) is 0 Å². The zero-order valence-corrected chi connectivity index (χ0v) is 9.98. The normalized spacial score (nSPS) is 27.9. The van der Waals surface area contributed by atoms with Gasteiger partial charge < -0.3 is 15.5 Å². The molecule has 3 N–H and O–H groups in total. The summed E-state index contributed by atoms with van der Waals surface area (Å²) in [6.45, 7) is 3.76. The number of aliphatic carboxylic acids is 1. The van der Waals surface area contributed by atoms with Crippen molar-refractivity contribution in [3.8, 4) is 0 Å². The maximum atomic E-state index is 11.9. The molecule has 0 saturated carbocycles. The summed E-state index contributed by atoms with van der Waals surface area (Å²) in [5, 5.41) is 20.8. The van der Waals surface area contributed by atoms with Gasteiger partial charge in [0.15, 0.2) is 5.60 Å². The van der Waals surface area contributed by atoms with E-state index in [0.29, 0.717) is 6.42 Å². The minimum Gasteiger partial charge on any atom is -0.479 e. The molecule has 96 valence electrons. The number of hydrogen-bond acceptors (Lipinski definition) is 4. The SMILES string of the molecule is CCC1(C)NC(=O)N(CC(C)(O)C(=O)O)C1=O. The van der Waals surface area contributed by atoms with E-state index in [2.05, 4.69) is 5.32 Å². The molecule has 0 radical (unpaired) electrons. The minimum atomic E-state index is -2.15. The van der Waals surface area contributed by atoms with Gasteiger partial charge in [-0.2, -0.15) is 0 Å². The molecule has 0 aromatic rings. The average Bonchev–Trinajstić information content (AvgIpc) is 2.42. The molecule has 7 heteroatoms. The summed E-state index contributed by atoms with van der Waals surface area (Å²) >= 11 is 0. The molecule has 2 atom stereocenters. The molecule has 0 spiro atoms. The van der Waals surface area contributed by atoms with Crippen molar-refractivity contribution in [3.05, 3.63) is 0 Å². The highest BCUT2D eigenvalue weighted by Crippen LogP contribution is 2.22. The largest absolute Gasteiger partial charge is 0.479 e. The third kappa shape index (κ3) is 2.23. The van der Waals surface area contributed by atoms with Gasteiger partial charge in [0.25, 0.3) is 5.91 Å². The molecule has 0 bridgehead atoms. The number of β-amino-alcohol motifs (C(OH)–C–C–N with tert-alkyl or cyclic N) is 1. The van der Waals surface area contributed by atoms with Gasteiger partial charge in [0.1, 0.15) is 5.54 Å². The fraction of sp³-hybridized carbons (Fsp3) is 0.700. The molecule has 3 amide bonds.